The zero-order valence-corrected chi connectivity index (χ0v) is 7.04. The van der Waals surface area contributed by atoms with Crippen LogP contribution in [-0.2, 0) is 4.74 Å². The van der Waals surface area contributed by atoms with Crippen LogP contribution < -0.4 is 0 Å². The lowest BCUT2D eigenvalue weighted by atomic mass is 10.1. The van der Waals surface area contributed by atoms with E-state index >= 15 is 0 Å². The van der Waals surface area contributed by atoms with E-state index in [4.69, 9.17) is 4.74 Å². The first-order valence-corrected chi connectivity index (χ1v) is 4.26. The Hall–Kier alpha value is 0.140. The third-order valence-corrected chi connectivity index (χ3v) is 2.76. The Morgan fingerprint density at radius 2 is 2.40 bits per heavy atom. The predicted molar refractivity (Wildman–Crippen MR) is 40.9 cm³/mol. The molecule has 0 saturated carbocycles. The molecule has 1 fully saturated rings. The number of rotatable bonds is 0. The minimum atomic E-state index is -0.171. The number of halogens is 1. The van der Waals surface area contributed by atoms with Gasteiger partial charge in [-0.25, -0.2) is 0 Å². The Labute approximate surface area is 68.0 Å². The third kappa shape index (κ3) is 1.02. The lowest BCUT2D eigenvalue weighted by Gasteiger charge is -2.25. The number of aliphatic hydroxyl groups excluding tert-OH is 1. The van der Waals surface area contributed by atoms with Gasteiger partial charge in [0.15, 0.2) is 0 Å². The molecule has 1 saturated heterocycles. The number of hydrogen-bond donors (Lipinski definition) is 1. The molecule has 2 aliphatic rings. The van der Waals surface area contributed by atoms with Gasteiger partial charge in [-0.2, -0.15) is 0 Å². The van der Waals surface area contributed by atoms with Gasteiger partial charge in [-0.3, -0.25) is 0 Å². The molecule has 0 radical (unpaired) electrons. The molecule has 0 aliphatic carbocycles. The van der Waals surface area contributed by atoms with Crippen molar-refractivity contribution in [1.29, 1.82) is 0 Å². The van der Waals surface area contributed by atoms with Crippen molar-refractivity contribution in [1.82, 2.24) is 0 Å². The molecule has 56 valence electrons. The minimum Gasteiger partial charge on any atom is -0.393 e. The fourth-order valence-corrected chi connectivity index (χ4v) is 2.09. The van der Waals surface area contributed by atoms with Gasteiger partial charge in [-0.05, 0) is 6.08 Å². The quantitative estimate of drug-likeness (QED) is 0.643. The molecule has 0 amide bonds. The lowest BCUT2D eigenvalue weighted by Crippen LogP contribution is -2.29. The summed E-state index contributed by atoms with van der Waals surface area (Å²) >= 11 is 3.40. The summed E-state index contributed by atoms with van der Waals surface area (Å²) < 4.78 is 6.59. The van der Waals surface area contributed by atoms with E-state index < -0.39 is 0 Å². The molecule has 3 atom stereocenters. The van der Waals surface area contributed by atoms with E-state index in [2.05, 4.69) is 15.9 Å². The van der Waals surface area contributed by atoms with Gasteiger partial charge in [0, 0.05) is 17.3 Å². The normalized spacial score (nSPS) is 45.4. The fraction of sp³-hybridized carbons (Fsp3) is 0.714. The number of hydrogen-bond acceptors (Lipinski definition) is 2. The smallest absolute Gasteiger partial charge is 0.0919 e. The molecule has 10 heavy (non-hydrogen) atoms. The highest BCUT2D eigenvalue weighted by Crippen LogP contribution is 2.34. The maximum Gasteiger partial charge on any atom is 0.0919 e. The summed E-state index contributed by atoms with van der Waals surface area (Å²) in [5.41, 5.74) is 0. The van der Waals surface area contributed by atoms with Crippen molar-refractivity contribution in [3.63, 3.8) is 0 Å². The summed E-state index contributed by atoms with van der Waals surface area (Å²) in [5.74, 6) is 0. The monoisotopic (exact) mass is 204 g/mol. The van der Waals surface area contributed by atoms with E-state index in [9.17, 15) is 5.11 Å². The van der Waals surface area contributed by atoms with Crippen LogP contribution in [0.25, 0.3) is 0 Å². The molecule has 3 heteroatoms. The van der Waals surface area contributed by atoms with Gasteiger partial charge in [0.25, 0.3) is 0 Å². The summed E-state index contributed by atoms with van der Waals surface area (Å²) in [4.78, 5) is 0. The first kappa shape index (κ1) is 6.83. The van der Waals surface area contributed by atoms with Crippen LogP contribution in [0, 0.1) is 0 Å². The fourth-order valence-electron chi connectivity index (χ4n) is 1.50. The van der Waals surface area contributed by atoms with Crippen molar-refractivity contribution < 1.29 is 9.84 Å². The van der Waals surface area contributed by atoms with Crippen molar-refractivity contribution in [2.45, 2.75) is 31.2 Å². The van der Waals surface area contributed by atoms with E-state index in [-0.39, 0.29) is 18.3 Å². The highest BCUT2D eigenvalue weighted by atomic mass is 79.9. The number of fused-ring (bicyclic) bond motifs is 2. The maximum absolute atomic E-state index is 9.27. The minimum absolute atomic E-state index is 0.133. The van der Waals surface area contributed by atoms with Crippen molar-refractivity contribution in [2.24, 2.45) is 0 Å². The second-order valence-electron chi connectivity index (χ2n) is 2.84. The molecule has 0 aromatic carbocycles. The molecule has 0 unspecified atom stereocenters. The Balaban J connectivity index is 2.15. The van der Waals surface area contributed by atoms with Crippen LogP contribution in [0.2, 0.25) is 0 Å². The summed E-state index contributed by atoms with van der Waals surface area (Å²) in [7, 11) is 0. The van der Waals surface area contributed by atoms with E-state index in [1.165, 1.54) is 0 Å². The van der Waals surface area contributed by atoms with Gasteiger partial charge in [0.2, 0.25) is 0 Å². The van der Waals surface area contributed by atoms with Crippen molar-refractivity contribution >= 4 is 15.9 Å². The SMILES string of the molecule is O[C@H]1C[C@@H]2O[C@@H](C=C2Br)C1. The average Bonchev–Trinajstić information content (AvgIpc) is 2.07. The summed E-state index contributed by atoms with van der Waals surface area (Å²) in [6, 6.07) is 0. The maximum atomic E-state index is 9.27. The molecule has 2 rings (SSSR count). The highest BCUT2D eigenvalue weighted by molar-refractivity contribution is 9.11. The topological polar surface area (TPSA) is 29.5 Å². The van der Waals surface area contributed by atoms with Gasteiger partial charge >= 0.3 is 0 Å². The molecular weight excluding hydrogens is 196 g/mol. The Morgan fingerprint density at radius 3 is 3.10 bits per heavy atom. The molecule has 2 bridgehead atoms. The molecule has 0 spiro atoms. The van der Waals surface area contributed by atoms with Gasteiger partial charge < -0.3 is 9.84 Å². The third-order valence-electron chi connectivity index (χ3n) is 1.98. The molecule has 2 aliphatic heterocycles. The van der Waals surface area contributed by atoms with Crippen LogP contribution in [0.5, 0.6) is 0 Å². The first-order chi connectivity index (χ1) is 4.75. The van der Waals surface area contributed by atoms with Gasteiger partial charge in [0.1, 0.15) is 0 Å². The van der Waals surface area contributed by atoms with E-state index in [0.717, 1.165) is 17.3 Å². The predicted octanol–water partition coefficient (Wildman–Crippen LogP) is 1.19. The zero-order valence-electron chi connectivity index (χ0n) is 5.46. The Kier molecular flexibility index (Phi) is 1.59. The second-order valence-corrected chi connectivity index (χ2v) is 3.76. The van der Waals surface area contributed by atoms with Crippen LogP contribution in [0.4, 0.5) is 0 Å². The molecule has 2 nitrogen and oxygen atoms in total. The van der Waals surface area contributed by atoms with Crippen LogP contribution in [-0.4, -0.2) is 23.4 Å². The second kappa shape index (κ2) is 2.32. The van der Waals surface area contributed by atoms with E-state index in [1.807, 2.05) is 6.08 Å². The molecule has 1 N–H and O–H groups in total. The Morgan fingerprint density at radius 1 is 1.60 bits per heavy atom. The van der Waals surface area contributed by atoms with Crippen molar-refractivity contribution in [2.75, 3.05) is 0 Å². The molecular formula is C7H9BrO2. The van der Waals surface area contributed by atoms with Gasteiger partial charge in [-0.15, -0.1) is 0 Å². The van der Waals surface area contributed by atoms with Gasteiger partial charge in [-0.1, -0.05) is 15.9 Å². The standard InChI is InChI=1S/C7H9BrO2/c8-6-3-5-1-4(9)2-7(6)10-5/h3-5,7,9H,1-2H2/t4-,5-,7+/m1/s1. The zero-order chi connectivity index (χ0) is 7.14. The average molecular weight is 205 g/mol. The molecule has 2 heterocycles. The summed E-state index contributed by atoms with van der Waals surface area (Å²) in [6.07, 6.45) is 3.66. The first-order valence-electron chi connectivity index (χ1n) is 3.46. The van der Waals surface area contributed by atoms with Crippen LogP contribution in [0.15, 0.2) is 10.6 Å². The van der Waals surface area contributed by atoms with E-state index in [0.29, 0.717) is 0 Å². The van der Waals surface area contributed by atoms with Crippen LogP contribution in [0.3, 0.4) is 0 Å². The highest BCUT2D eigenvalue weighted by Gasteiger charge is 2.34. The summed E-state index contributed by atoms with van der Waals surface area (Å²) in [6.45, 7) is 0. The number of ether oxygens (including phenoxy) is 1. The molecule has 0 aromatic rings. The van der Waals surface area contributed by atoms with E-state index in [1.54, 1.807) is 0 Å². The van der Waals surface area contributed by atoms with Crippen molar-refractivity contribution in [3.05, 3.63) is 10.6 Å². The van der Waals surface area contributed by atoms with Crippen LogP contribution in [0.1, 0.15) is 12.8 Å². The molecule has 0 aromatic heterocycles. The Bertz CT molecular complexity index is 178. The largest absolute Gasteiger partial charge is 0.393 e. The number of aliphatic hydroxyl groups is 1. The van der Waals surface area contributed by atoms with Crippen molar-refractivity contribution in [3.8, 4) is 0 Å². The van der Waals surface area contributed by atoms with Crippen LogP contribution >= 0.6 is 15.9 Å². The lowest BCUT2D eigenvalue weighted by molar-refractivity contribution is -0.0415. The van der Waals surface area contributed by atoms with Gasteiger partial charge in [0.05, 0.1) is 18.3 Å². The summed E-state index contributed by atoms with van der Waals surface area (Å²) in [5, 5.41) is 9.27.